The fraction of sp³-hybridized carbons (Fsp3) is 0.143. The zero-order valence-electron chi connectivity index (χ0n) is 31.4. The van der Waals surface area contributed by atoms with Gasteiger partial charge >= 0.3 is 0 Å². The van der Waals surface area contributed by atoms with Crippen molar-refractivity contribution in [2.45, 2.75) is 19.6 Å². The molecule has 0 radical (unpaired) electrons. The molecule has 294 valence electrons. The molecule has 0 saturated heterocycles. The maximum Gasteiger partial charge on any atom is 0.296 e. The third-order valence-corrected chi connectivity index (χ3v) is 12.0. The van der Waals surface area contributed by atoms with Crippen molar-refractivity contribution in [3.63, 3.8) is 0 Å². The molecule has 0 bridgehead atoms. The Morgan fingerprint density at radius 2 is 1.17 bits per heavy atom. The van der Waals surface area contributed by atoms with Crippen LogP contribution in [0.5, 0.6) is 0 Å². The molecule has 0 atom stereocenters. The maximum atomic E-state index is 12.0. The van der Waals surface area contributed by atoms with Gasteiger partial charge in [0.25, 0.3) is 23.4 Å². The summed E-state index contributed by atoms with van der Waals surface area (Å²) in [4.78, 5) is 71.4. The second kappa shape index (κ2) is 14.7. The summed E-state index contributed by atoms with van der Waals surface area (Å²) >= 11 is 10.0. The molecule has 8 aromatic rings. The lowest BCUT2D eigenvalue weighted by Gasteiger charge is -2.05. The van der Waals surface area contributed by atoms with E-state index in [4.69, 9.17) is 0 Å². The molecule has 3 aliphatic heterocycles. The first-order valence-electron chi connectivity index (χ1n) is 18.1. The number of amides is 3. The summed E-state index contributed by atoms with van der Waals surface area (Å²) in [5, 5.41) is 13.3. The van der Waals surface area contributed by atoms with E-state index in [9.17, 15) is 24.5 Å². The SMILES string of the molecule is CN1Cc2c(ccc3c2[nH]c2cc(Br)cnc23)C1=O.CN1Cc2cc(-c3ncc(Br)cc3[N+](=O)[O-])ccc2C1=O.CN1Cc2cc3c(cc2C1=O)[nH]c1cc(Br)cnc13. The number of halogens is 3. The van der Waals surface area contributed by atoms with Crippen molar-refractivity contribution in [2.75, 3.05) is 21.1 Å². The van der Waals surface area contributed by atoms with Crippen molar-refractivity contribution in [3.8, 4) is 11.3 Å². The number of pyridine rings is 3. The summed E-state index contributed by atoms with van der Waals surface area (Å²) in [5.41, 5.74) is 11.9. The topological polar surface area (TPSA) is 174 Å². The number of aromatic nitrogens is 5. The predicted octanol–water partition coefficient (Wildman–Crippen LogP) is 9.13. The molecule has 14 nitrogen and oxygen atoms in total. The molecule has 0 aliphatic carbocycles. The van der Waals surface area contributed by atoms with Crippen LogP contribution < -0.4 is 0 Å². The van der Waals surface area contributed by atoms with Crippen LogP contribution in [-0.2, 0) is 19.6 Å². The first-order chi connectivity index (χ1) is 28.2. The van der Waals surface area contributed by atoms with E-state index in [2.05, 4.69) is 78.8 Å². The van der Waals surface area contributed by atoms with Gasteiger partial charge in [-0.3, -0.25) is 34.5 Å². The van der Waals surface area contributed by atoms with E-state index < -0.39 is 4.92 Å². The van der Waals surface area contributed by atoms with Gasteiger partial charge in [0.2, 0.25) is 0 Å². The standard InChI is InChI=1S/C14H10BrN3O3.2C14H10BrN3O/c1-17-7-9-4-8(2-3-11(9)14(17)19)13-12(18(20)21)5-10(15)6-16-13;1-18-6-7-2-10-11(4-9(7)14(18)19)17-12-3-8(15)5-16-13(10)12;1-18-6-10-8(14(18)19)2-3-9-12(10)17-11-4-7(15)5-16-13(9)11/h2-6H,7H2,1H3;2*2-5,17H,6H2,1H3. The summed E-state index contributed by atoms with van der Waals surface area (Å²) in [6.07, 6.45) is 5.10. The van der Waals surface area contributed by atoms with Crippen molar-refractivity contribution in [1.29, 1.82) is 0 Å². The van der Waals surface area contributed by atoms with Crippen LogP contribution in [0.15, 0.2) is 92.7 Å². The molecular formula is C42H30Br3N9O5. The van der Waals surface area contributed by atoms with Crippen LogP contribution >= 0.6 is 47.8 Å². The molecule has 17 heteroatoms. The Balaban J connectivity index is 0.000000114. The fourth-order valence-electron chi connectivity index (χ4n) is 7.86. The number of fused-ring (bicyclic) bond motifs is 10. The quantitative estimate of drug-likeness (QED) is 0.127. The fourth-order valence-corrected chi connectivity index (χ4v) is 8.84. The molecule has 59 heavy (non-hydrogen) atoms. The molecule has 3 amide bonds. The number of carbonyl (C=O) groups excluding carboxylic acids is 3. The molecule has 2 N–H and O–H groups in total. The van der Waals surface area contributed by atoms with Gasteiger partial charge in [0.05, 0.1) is 32.5 Å². The van der Waals surface area contributed by atoms with Gasteiger partial charge in [-0.15, -0.1) is 0 Å². The number of nitro groups is 1. The summed E-state index contributed by atoms with van der Waals surface area (Å²) in [5.74, 6) is 0.143. The molecule has 3 aliphatic rings. The molecule has 3 aromatic carbocycles. The lowest BCUT2D eigenvalue weighted by molar-refractivity contribution is -0.384. The average molecular weight is 980 g/mol. The van der Waals surface area contributed by atoms with Crippen LogP contribution in [0.3, 0.4) is 0 Å². The van der Waals surface area contributed by atoms with Gasteiger partial charge in [0, 0.05) is 123 Å². The van der Waals surface area contributed by atoms with Crippen molar-refractivity contribution < 1.29 is 19.3 Å². The van der Waals surface area contributed by atoms with Crippen LogP contribution in [-0.4, -0.2) is 83.4 Å². The van der Waals surface area contributed by atoms with Crippen molar-refractivity contribution in [2.24, 2.45) is 0 Å². The zero-order chi connectivity index (χ0) is 41.4. The van der Waals surface area contributed by atoms with Gasteiger partial charge in [0.1, 0.15) is 5.69 Å². The molecule has 0 unspecified atom stereocenters. The maximum absolute atomic E-state index is 12.0. The van der Waals surface area contributed by atoms with E-state index in [0.29, 0.717) is 40.9 Å². The van der Waals surface area contributed by atoms with Gasteiger partial charge in [-0.05, 0) is 107 Å². The third kappa shape index (κ3) is 6.72. The number of hydrogen-bond acceptors (Lipinski definition) is 8. The third-order valence-electron chi connectivity index (χ3n) is 10.7. The van der Waals surface area contributed by atoms with E-state index in [1.165, 1.54) is 12.3 Å². The minimum atomic E-state index is -0.461. The normalized spacial score (nSPS) is 14.2. The highest BCUT2D eigenvalue weighted by Gasteiger charge is 2.29. The second-order valence-corrected chi connectivity index (χ2v) is 17.3. The molecule has 0 fully saturated rings. The Kier molecular flexibility index (Phi) is 9.56. The highest BCUT2D eigenvalue weighted by atomic mass is 79.9. The second-order valence-electron chi connectivity index (χ2n) is 14.6. The number of nitrogens with one attached hydrogen (secondary N) is 2. The van der Waals surface area contributed by atoms with Crippen molar-refractivity contribution in [3.05, 3.63) is 136 Å². The number of carbonyl (C=O) groups is 3. The summed E-state index contributed by atoms with van der Waals surface area (Å²) in [7, 11) is 5.37. The minimum absolute atomic E-state index is 0.0326. The molecule has 0 spiro atoms. The van der Waals surface area contributed by atoms with Gasteiger partial charge < -0.3 is 24.7 Å². The van der Waals surface area contributed by atoms with Crippen LogP contribution in [0.4, 0.5) is 5.69 Å². The predicted molar refractivity (Wildman–Crippen MR) is 234 cm³/mol. The van der Waals surface area contributed by atoms with Crippen LogP contribution in [0.2, 0.25) is 0 Å². The van der Waals surface area contributed by atoms with Gasteiger partial charge in [-0.2, -0.15) is 0 Å². The van der Waals surface area contributed by atoms with E-state index in [-0.39, 0.29) is 23.4 Å². The molecule has 5 aromatic heterocycles. The first-order valence-corrected chi connectivity index (χ1v) is 20.5. The summed E-state index contributed by atoms with van der Waals surface area (Å²) in [6, 6.07) is 18.5. The Bertz CT molecular complexity index is 3130. The number of aromatic amines is 2. The average Bonchev–Trinajstić information content (AvgIpc) is 3.98. The zero-order valence-corrected chi connectivity index (χ0v) is 36.2. The number of rotatable bonds is 2. The van der Waals surface area contributed by atoms with E-state index in [0.717, 1.165) is 80.6 Å². The van der Waals surface area contributed by atoms with Crippen LogP contribution in [0, 0.1) is 10.1 Å². The van der Waals surface area contributed by atoms with E-state index >= 15 is 0 Å². The summed E-state index contributed by atoms with van der Waals surface area (Å²) < 4.78 is 2.43. The van der Waals surface area contributed by atoms with Crippen molar-refractivity contribution in [1.82, 2.24) is 39.6 Å². The van der Waals surface area contributed by atoms with Gasteiger partial charge in [0.15, 0.2) is 0 Å². The smallest absolute Gasteiger partial charge is 0.296 e. The molecule has 11 rings (SSSR count). The van der Waals surface area contributed by atoms with E-state index in [1.807, 2.05) is 44.4 Å². The lowest BCUT2D eigenvalue weighted by Crippen LogP contribution is -2.17. The van der Waals surface area contributed by atoms with Gasteiger partial charge in [-0.1, -0.05) is 6.07 Å². The summed E-state index contributed by atoms with van der Waals surface area (Å²) in [6.45, 7) is 1.83. The number of H-pyrrole nitrogens is 2. The van der Waals surface area contributed by atoms with E-state index in [1.54, 1.807) is 52.3 Å². The Morgan fingerprint density at radius 3 is 1.86 bits per heavy atom. The van der Waals surface area contributed by atoms with Crippen LogP contribution in [0.25, 0.3) is 55.1 Å². The first kappa shape index (κ1) is 38.5. The largest absolute Gasteiger partial charge is 0.353 e. The molecule has 8 heterocycles. The lowest BCUT2D eigenvalue weighted by atomic mass is 10.0. The van der Waals surface area contributed by atoms with Crippen molar-refractivity contribution >= 4 is 115 Å². The Morgan fingerprint density at radius 1 is 0.610 bits per heavy atom. The number of nitrogens with zero attached hydrogens (tertiary/aromatic N) is 7. The molecular weight excluding hydrogens is 950 g/mol. The number of hydrogen-bond donors (Lipinski definition) is 2. The monoisotopic (exact) mass is 977 g/mol. The van der Waals surface area contributed by atoms with Crippen LogP contribution in [0.1, 0.15) is 47.8 Å². The minimum Gasteiger partial charge on any atom is -0.353 e. The van der Waals surface area contributed by atoms with Gasteiger partial charge in [-0.25, -0.2) is 4.98 Å². The Labute approximate surface area is 360 Å². The highest BCUT2D eigenvalue weighted by molar-refractivity contribution is 9.11. The molecule has 0 saturated carbocycles. The highest BCUT2D eigenvalue weighted by Crippen LogP contribution is 2.36. The Hall–Kier alpha value is -6.04. The number of benzene rings is 3.